The van der Waals surface area contributed by atoms with Crippen LogP contribution in [0.2, 0.25) is 0 Å². The summed E-state index contributed by atoms with van der Waals surface area (Å²) in [5.41, 5.74) is 2.65. The second-order valence-electron chi connectivity index (χ2n) is 6.37. The number of carbonyl (C=O) groups is 3. The van der Waals surface area contributed by atoms with Crippen molar-refractivity contribution in [3.63, 3.8) is 0 Å². The molecule has 1 atom stereocenters. The van der Waals surface area contributed by atoms with E-state index in [1.54, 1.807) is 49.4 Å². The largest absolute Gasteiger partial charge is 0.447 e. The molecule has 2 aromatic carbocycles. The molecule has 7 heteroatoms. The molecule has 140 valence electrons. The van der Waals surface area contributed by atoms with Crippen LogP contribution in [0.4, 0.5) is 16.2 Å². The van der Waals surface area contributed by atoms with Crippen LogP contribution in [0.25, 0.3) is 0 Å². The van der Waals surface area contributed by atoms with Crippen molar-refractivity contribution in [1.82, 2.24) is 5.32 Å². The Kier molecular flexibility index (Phi) is 5.40. The summed E-state index contributed by atoms with van der Waals surface area (Å²) >= 11 is 0. The number of nitrogens with one attached hydrogen (secondary N) is 2. The molecular formula is C20H21N3O4. The Morgan fingerprint density at radius 3 is 2.63 bits per heavy atom. The maximum absolute atomic E-state index is 12.4. The Morgan fingerprint density at radius 1 is 1.15 bits per heavy atom. The molecule has 0 radical (unpaired) electrons. The van der Waals surface area contributed by atoms with Crippen LogP contribution in [0, 0.1) is 6.92 Å². The lowest BCUT2D eigenvalue weighted by Gasteiger charge is -2.16. The Balaban J connectivity index is 1.63. The fraction of sp³-hybridized carbons (Fsp3) is 0.250. The summed E-state index contributed by atoms with van der Waals surface area (Å²) in [5.74, 6) is -0.660. The van der Waals surface area contributed by atoms with E-state index in [1.807, 2.05) is 13.0 Å². The van der Waals surface area contributed by atoms with Crippen LogP contribution in [-0.4, -0.2) is 37.1 Å². The first-order chi connectivity index (χ1) is 12.9. The van der Waals surface area contributed by atoms with Crippen molar-refractivity contribution in [3.05, 3.63) is 59.7 Å². The summed E-state index contributed by atoms with van der Waals surface area (Å²) in [7, 11) is 0. The lowest BCUT2D eigenvalue weighted by atomic mass is 10.1. The van der Waals surface area contributed by atoms with Crippen molar-refractivity contribution in [2.24, 2.45) is 0 Å². The summed E-state index contributed by atoms with van der Waals surface area (Å²) in [5, 5.41) is 5.44. The first-order valence-corrected chi connectivity index (χ1v) is 8.67. The number of benzene rings is 2. The molecule has 1 heterocycles. The molecule has 0 unspecified atom stereocenters. The van der Waals surface area contributed by atoms with Gasteiger partial charge in [-0.25, -0.2) is 4.79 Å². The van der Waals surface area contributed by atoms with Gasteiger partial charge in [0.25, 0.3) is 5.91 Å². The maximum Gasteiger partial charge on any atom is 0.414 e. The van der Waals surface area contributed by atoms with Crippen molar-refractivity contribution < 1.29 is 19.1 Å². The third-order valence-corrected chi connectivity index (χ3v) is 4.21. The molecule has 0 aromatic heterocycles. The van der Waals surface area contributed by atoms with Crippen molar-refractivity contribution >= 4 is 29.3 Å². The highest BCUT2D eigenvalue weighted by Gasteiger charge is 2.24. The number of aryl methyl sites for hydroxylation is 1. The predicted octanol–water partition coefficient (Wildman–Crippen LogP) is 2.71. The summed E-state index contributed by atoms with van der Waals surface area (Å²) in [4.78, 5) is 37.9. The minimum Gasteiger partial charge on any atom is -0.447 e. The highest BCUT2D eigenvalue weighted by Crippen LogP contribution is 2.22. The molecule has 1 aliphatic heterocycles. The smallest absolute Gasteiger partial charge is 0.414 e. The van der Waals surface area contributed by atoms with Gasteiger partial charge in [0.1, 0.15) is 12.6 Å². The van der Waals surface area contributed by atoms with Gasteiger partial charge < -0.3 is 15.4 Å². The minimum atomic E-state index is -0.724. The molecule has 3 rings (SSSR count). The van der Waals surface area contributed by atoms with Gasteiger partial charge in [0, 0.05) is 16.9 Å². The van der Waals surface area contributed by atoms with Crippen LogP contribution < -0.4 is 15.5 Å². The minimum absolute atomic E-state index is 0.310. The lowest BCUT2D eigenvalue weighted by Crippen LogP contribution is -2.41. The second kappa shape index (κ2) is 7.90. The molecule has 1 aliphatic rings. The summed E-state index contributed by atoms with van der Waals surface area (Å²) in [6, 6.07) is 13.4. The molecule has 1 saturated heterocycles. The van der Waals surface area contributed by atoms with Crippen LogP contribution in [0.3, 0.4) is 0 Å². The van der Waals surface area contributed by atoms with Gasteiger partial charge in [-0.1, -0.05) is 23.8 Å². The van der Waals surface area contributed by atoms with Gasteiger partial charge in [-0.05, 0) is 44.2 Å². The van der Waals surface area contributed by atoms with Gasteiger partial charge in [0.2, 0.25) is 5.91 Å². The van der Waals surface area contributed by atoms with E-state index in [1.165, 1.54) is 4.90 Å². The van der Waals surface area contributed by atoms with Gasteiger partial charge >= 0.3 is 6.09 Å². The highest BCUT2D eigenvalue weighted by atomic mass is 16.6. The number of ether oxygens (including phenoxy) is 1. The third-order valence-electron chi connectivity index (χ3n) is 4.21. The standard InChI is InChI=1S/C20H21N3O4/c1-13-5-3-6-15(11-13)19(25)21-14(2)18(24)22-16-7-4-8-17(12-16)23-9-10-27-20(23)26/h3-8,11-12,14H,9-10H2,1-2H3,(H,21,25)(H,22,24)/t14-/m1/s1. The number of anilines is 2. The number of amides is 3. The van der Waals surface area contributed by atoms with Crippen LogP contribution in [0.15, 0.2) is 48.5 Å². The normalized spacial score (nSPS) is 14.4. The zero-order valence-corrected chi connectivity index (χ0v) is 15.2. The third kappa shape index (κ3) is 4.44. The average Bonchev–Trinajstić information content (AvgIpc) is 3.08. The molecule has 0 spiro atoms. The van der Waals surface area contributed by atoms with E-state index in [2.05, 4.69) is 10.6 Å². The van der Waals surface area contributed by atoms with E-state index < -0.39 is 12.1 Å². The molecule has 0 aliphatic carbocycles. The molecule has 0 saturated carbocycles. The van der Waals surface area contributed by atoms with Gasteiger partial charge in [-0.15, -0.1) is 0 Å². The van der Waals surface area contributed by atoms with Crippen LogP contribution in [0.5, 0.6) is 0 Å². The number of rotatable bonds is 5. The van der Waals surface area contributed by atoms with Gasteiger partial charge in [-0.2, -0.15) is 0 Å². The average molecular weight is 367 g/mol. The Hall–Kier alpha value is -3.35. The van der Waals surface area contributed by atoms with E-state index >= 15 is 0 Å². The molecule has 7 nitrogen and oxygen atoms in total. The number of carbonyl (C=O) groups excluding carboxylic acids is 3. The van der Waals surface area contributed by atoms with Crippen LogP contribution in [-0.2, 0) is 9.53 Å². The number of nitrogens with zero attached hydrogens (tertiary/aromatic N) is 1. The molecule has 3 amide bonds. The summed E-state index contributed by atoms with van der Waals surface area (Å²) in [6.07, 6.45) is -0.405. The first kappa shape index (κ1) is 18.4. The molecular weight excluding hydrogens is 346 g/mol. The van der Waals surface area contributed by atoms with Crippen LogP contribution in [0.1, 0.15) is 22.8 Å². The molecule has 0 bridgehead atoms. The number of cyclic esters (lactones) is 1. The van der Waals surface area contributed by atoms with E-state index in [0.717, 1.165) is 5.56 Å². The molecule has 1 fully saturated rings. The van der Waals surface area contributed by atoms with Gasteiger partial charge in [0.15, 0.2) is 0 Å². The lowest BCUT2D eigenvalue weighted by molar-refractivity contribution is -0.117. The summed E-state index contributed by atoms with van der Waals surface area (Å²) in [6.45, 7) is 4.33. The van der Waals surface area contributed by atoms with E-state index in [4.69, 9.17) is 4.74 Å². The van der Waals surface area contributed by atoms with E-state index in [-0.39, 0.29) is 11.8 Å². The SMILES string of the molecule is Cc1cccc(C(=O)N[C@H](C)C(=O)Nc2cccc(N3CCOC3=O)c2)c1. The van der Waals surface area contributed by atoms with Crippen molar-refractivity contribution in [2.75, 3.05) is 23.4 Å². The van der Waals surface area contributed by atoms with Crippen molar-refractivity contribution in [2.45, 2.75) is 19.9 Å². The fourth-order valence-corrected chi connectivity index (χ4v) is 2.76. The van der Waals surface area contributed by atoms with Crippen molar-refractivity contribution in [3.8, 4) is 0 Å². The molecule has 2 aromatic rings. The topological polar surface area (TPSA) is 87.7 Å². The molecule has 2 N–H and O–H groups in total. The number of hydrogen-bond acceptors (Lipinski definition) is 4. The monoisotopic (exact) mass is 367 g/mol. The Bertz CT molecular complexity index is 881. The van der Waals surface area contributed by atoms with Crippen LogP contribution >= 0.6 is 0 Å². The van der Waals surface area contributed by atoms with E-state index in [9.17, 15) is 14.4 Å². The fourth-order valence-electron chi connectivity index (χ4n) is 2.76. The summed E-state index contributed by atoms with van der Waals surface area (Å²) < 4.78 is 4.93. The van der Waals surface area contributed by atoms with E-state index in [0.29, 0.717) is 30.1 Å². The second-order valence-corrected chi connectivity index (χ2v) is 6.37. The van der Waals surface area contributed by atoms with Gasteiger partial charge in [0.05, 0.1) is 6.54 Å². The van der Waals surface area contributed by atoms with Gasteiger partial charge in [-0.3, -0.25) is 14.5 Å². The zero-order valence-electron chi connectivity index (χ0n) is 15.2. The molecule has 27 heavy (non-hydrogen) atoms. The maximum atomic E-state index is 12.4. The van der Waals surface area contributed by atoms with Crippen molar-refractivity contribution in [1.29, 1.82) is 0 Å². The highest BCUT2D eigenvalue weighted by molar-refractivity contribution is 6.01. The Morgan fingerprint density at radius 2 is 1.93 bits per heavy atom. The Labute approximate surface area is 157 Å². The first-order valence-electron chi connectivity index (χ1n) is 8.67. The number of hydrogen-bond donors (Lipinski definition) is 2. The quantitative estimate of drug-likeness (QED) is 0.851. The predicted molar refractivity (Wildman–Crippen MR) is 102 cm³/mol. The zero-order chi connectivity index (χ0) is 19.4.